The van der Waals surface area contributed by atoms with Gasteiger partial charge in [-0.05, 0) is 55.7 Å². The average Bonchev–Trinajstić information content (AvgIpc) is 3.03. The zero-order valence-corrected chi connectivity index (χ0v) is 17.5. The van der Waals surface area contributed by atoms with Crippen LogP contribution < -0.4 is 5.32 Å². The van der Waals surface area contributed by atoms with Gasteiger partial charge in [0.2, 0.25) is 5.91 Å². The Morgan fingerprint density at radius 3 is 2.67 bits per heavy atom. The van der Waals surface area contributed by atoms with Gasteiger partial charge >= 0.3 is 0 Å². The maximum atomic E-state index is 12.8. The van der Waals surface area contributed by atoms with Crippen LogP contribution in [0.1, 0.15) is 45.8 Å². The first-order valence-electron chi connectivity index (χ1n) is 9.38. The summed E-state index contributed by atoms with van der Waals surface area (Å²) >= 11 is 3.19. The molecule has 1 aliphatic rings. The highest BCUT2D eigenvalue weighted by Crippen LogP contribution is 2.29. The largest absolute Gasteiger partial charge is 0.332 e. The second-order valence-electron chi connectivity index (χ2n) is 6.88. The van der Waals surface area contributed by atoms with Gasteiger partial charge in [-0.25, -0.2) is 0 Å². The Labute approximate surface area is 169 Å². The third-order valence-corrected chi connectivity index (χ3v) is 6.84. The molecule has 0 spiro atoms. The maximum absolute atomic E-state index is 12.8. The van der Waals surface area contributed by atoms with Gasteiger partial charge in [0.25, 0.3) is 5.91 Å². The number of nitrogens with one attached hydrogen (secondary N) is 1. The lowest BCUT2D eigenvalue weighted by Gasteiger charge is -2.16. The van der Waals surface area contributed by atoms with Gasteiger partial charge in [-0.1, -0.05) is 25.0 Å². The van der Waals surface area contributed by atoms with E-state index >= 15 is 0 Å². The molecule has 0 radical (unpaired) electrons. The van der Waals surface area contributed by atoms with Gasteiger partial charge in [0.05, 0.1) is 17.1 Å². The first-order chi connectivity index (χ1) is 13.1. The van der Waals surface area contributed by atoms with E-state index in [1.54, 1.807) is 30.1 Å². The van der Waals surface area contributed by atoms with Gasteiger partial charge in [-0.3, -0.25) is 9.59 Å². The van der Waals surface area contributed by atoms with Crippen molar-refractivity contribution in [2.75, 3.05) is 25.2 Å². The van der Waals surface area contributed by atoms with Crippen LogP contribution in [-0.2, 0) is 17.6 Å². The third kappa shape index (κ3) is 5.14. The quantitative estimate of drug-likeness (QED) is 0.728. The lowest BCUT2D eigenvalue weighted by Crippen LogP contribution is -2.34. The number of carbonyl (C=O) groups excluding carboxylic acids is 2. The Bertz CT molecular complexity index is 791. The summed E-state index contributed by atoms with van der Waals surface area (Å²) < 4.78 is 0. The molecule has 1 aromatic carbocycles. The number of carbonyl (C=O) groups is 2. The fourth-order valence-electron chi connectivity index (χ4n) is 3.36. The van der Waals surface area contributed by atoms with Crippen molar-refractivity contribution >= 4 is 40.6 Å². The fourth-order valence-corrected chi connectivity index (χ4v) is 5.16. The molecule has 27 heavy (non-hydrogen) atoms. The summed E-state index contributed by atoms with van der Waals surface area (Å²) in [4.78, 5) is 29.8. The van der Waals surface area contributed by atoms with Gasteiger partial charge < -0.3 is 10.2 Å². The van der Waals surface area contributed by atoms with E-state index in [1.807, 2.05) is 36.6 Å². The molecule has 0 fully saturated rings. The zero-order valence-electron chi connectivity index (χ0n) is 15.9. The van der Waals surface area contributed by atoms with Crippen molar-refractivity contribution < 1.29 is 9.59 Å². The number of hydrogen-bond acceptors (Lipinski definition) is 4. The Kier molecular flexibility index (Phi) is 6.96. The first-order valence-corrected chi connectivity index (χ1v) is 11.4. The van der Waals surface area contributed by atoms with Crippen LogP contribution in [0, 0.1) is 0 Å². The second-order valence-corrected chi connectivity index (χ2v) is 8.87. The van der Waals surface area contributed by atoms with Gasteiger partial charge in [-0.2, -0.15) is 0 Å². The van der Waals surface area contributed by atoms with Gasteiger partial charge in [0.15, 0.2) is 0 Å². The van der Waals surface area contributed by atoms with E-state index in [2.05, 4.69) is 5.32 Å². The second kappa shape index (κ2) is 9.42. The minimum absolute atomic E-state index is 0.0457. The van der Waals surface area contributed by atoms with Crippen molar-refractivity contribution in [2.24, 2.45) is 0 Å². The van der Waals surface area contributed by atoms with Crippen LogP contribution in [0.15, 0.2) is 35.2 Å². The number of nitrogens with zero attached hydrogens (tertiary/aromatic N) is 1. The number of thioether (sulfide) groups is 1. The molecule has 2 aromatic rings. The minimum atomic E-state index is -0.178. The SMILES string of the molecule is CSc1ccccc1NC(=O)CN(C)C(=O)c1cc2c(s1)CCCCCC2. The number of fused-ring (bicyclic) bond motifs is 1. The van der Waals surface area contributed by atoms with E-state index in [4.69, 9.17) is 0 Å². The highest BCUT2D eigenvalue weighted by Gasteiger charge is 2.20. The monoisotopic (exact) mass is 402 g/mol. The van der Waals surface area contributed by atoms with Crippen molar-refractivity contribution in [2.45, 2.75) is 43.4 Å². The Morgan fingerprint density at radius 2 is 1.89 bits per heavy atom. The molecular weight excluding hydrogens is 376 g/mol. The van der Waals surface area contributed by atoms with E-state index < -0.39 is 0 Å². The lowest BCUT2D eigenvalue weighted by molar-refractivity contribution is -0.116. The standard InChI is InChI=1S/C21H26N2O2S2/c1-23(14-20(24)22-16-10-7-8-12-18(16)26-2)21(25)19-13-15-9-5-3-4-6-11-17(15)27-19/h7-8,10,12-13H,3-6,9,11,14H2,1-2H3,(H,22,24). The fraction of sp³-hybridized carbons (Fsp3) is 0.429. The Hall–Kier alpha value is -1.79. The molecule has 0 saturated carbocycles. The predicted octanol–water partition coefficient (Wildman–Crippen LogP) is 4.84. The number of thiophene rings is 1. The van der Waals surface area contributed by atoms with E-state index in [0.29, 0.717) is 0 Å². The highest BCUT2D eigenvalue weighted by atomic mass is 32.2. The van der Waals surface area contributed by atoms with Crippen LogP contribution in [0.5, 0.6) is 0 Å². The maximum Gasteiger partial charge on any atom is 0.264 e. The Morgan fingerprint density at radius 1 is 1.15 bits per heavy atom. The molecule has 0 aliphatic heterocycles. The highest BCUT2D eigenvalue weighted by molar-refractivity contribution is 7.98. The van der Waals surface area contributed by atoms with Crippen molar-refractivity contribution in [3.63, 3.8) is 0 Å². The van der Waals surface area contributed by atoms with Crippen molar-refractivity contribution in [1.29, 1.82) is 0 Å². The number of hydrogen-bond donors (Lipinski definition) is 1. The molecule has 0 saturated heterocycles. The minimum Gasteiger partial charge on any atom is -0.332 e. The number of aryl methyl sites for hydroxylation is 2. The summed E-state index contributed by atoms with van der Waals surface area (Å²) in [6.07, 6.45) is 9.06. The number of benzene rings is 1. The van der Waals surface area contributed by atoms with Gasteiger partial charge in [0, 0.05) is 16.8 Å². The number of rotatable bonds is 5. The number of anilines is 1. The van der Waals surface area contributed by atoms with Crippen molar-refractivity contribution in [1.82, 2.24) is 4.90 Å². The first kappa shape index (κ1) is 20.0. The molecule has 1 N–H and O–H groups in total. The van der Waals surface area contributed by atoms with Gasteiger partial charge in [0.1, 0.15) is 0 Å². The summed E-state index contributed by atoms with van der Waals surface area (Å²) in [5.74, 6) is -0.248. The smallest absolute Gasteiger partial charge is 0.264 e. The van der Waals surface area contributed by atoms with Gasteiger partial charge in [-0.15, -0.1) is 23.1 Å². The summed E-state index contributed by atoms with van der Waals surface area (Å²) in [6.45, 7) is 0.0457. The molecule has 1 aliphatic carbocycles. The third-order valence-electron chi connectivity index (χ3n) is 4.82. The van der Waals surface area contributed by atoms with Crippen LogP contribution in [0.25, 0.3) is 0 Å². The normalized spacial score (nSPS) is 14.0. The molecule has 3 rings (SSSR count). The van der Waals surface area contributed by atoms with Crippen LogP contribution in [-0.4, -0.2) is 36.6 Å². The zero-order chi connectivity index (χ0) is 19.2. The number of amides is 2. The molecule has 6 heteroatoms. The summed E-state index contributed by atoms with van der Waals surface area (Å²) in [6, 6.07) is 9.73. The molecule has 1 aromatic heterocycles. The van der Waals surface area contributed by atoms with Crippen LogP contribution in [0.3, 0.4) is 0 Å². The van der Waals surface area contributed by atoms with E-state index in [-0.39, 0.29) is 18.4 Å². The molecule has 144 valence electrons. The van der Waals surface area contributed by atoms with Crippen molar-refractivity contribution in [3.05, 3.63) is 45.6 Å². The molecule has 0 unspecified atom stereocenters. The average molecular weight is 403 g/mol. The molecular formula is C21H26N2O2S2. The summed E-state index contributed by atoms with van der Waals surface area (Å²) in [5.41, 5.74) is 2.12. The number of likely N-dealkylation sites (N-methyl/N-ethyl adjacent to an activating group) is 1. The lowest BCUT2D eigenvalue weighted by atomic mass is 10.00. The molecule has 2 amide bonds. The Balaban J connectivity index is 1.63. The molecule has 4 nitrogen and oxygen atoms in total. The summed E-state index contributed by atoms with van der Waals surface area (Å²) in [5, 5.41) is 2.91. The topological polar surface area (TPSA) is 49.4 Å². The van der Waals surface area contributed by atoms with E-state index in [1.165, 1.54) is 41.0 Å². The van der Waals surface area contributed by atoms with Crippen LogP contribution in [0.4, 0.5) is 5.69 Å². The van der Waals surface area contributed by atoms with Crippen molar-refractivity contribution in [3.8, 4) is 0 Å². The summed E-state index contributed by atoms with van der Waals surface area (Å²) in [7, 11) is 1.69. The van der Waals surface area contributed by atoms with Crippen LogP contribution in [0.2, 0.25) is 0 Å². The van der Waals surface area contributed by atoms with E-state index in [0.717, 1.165) is 28.3 Å². The molecule has 1 heterocycles. The molecule has 0 bridgehead atoms. The molecule has 0 atom stereocenters. The number of para-hydroxylation sites is 1. The predicted molar refractivity (Wildman–Crippen MR) is 114 cm³/mol. The van der Waals surface area contributed by atoms with Crippen LogP contribution >= 0.6 is 23.1 Å². The van der Waals surface area contributed by atoms with E-state index in [9.17, 15) is 9.59 Å².